The van der Waals surface area contributed by atoms with Gasteiger partial charge >= 0.3 is 0 Å². The summed E-state index contributed by atoms with van der Waals surface area (Å²) in [6, 6.07) is 10.4. The number of imidazole rings is 1. The summed E-state index contributed by atoms with van der Waals surface area (Å²) in [7, 11) is 0. The van der Waals surface area contributed by atoms with E-state index in [0.29, 0.717) is 6.04 Å². The van der Waals surface area contributed by atoms with E-state index in [1.54, 1.807) is 11.3 Å². The van der Waals surface area contributed by atoms with E-state index in [1.165, 1.54) is 4.88 Å². The normalized spacial score (nSPS) is 13.0. The molecule has 0 bridgehead atoms. The van der Waals surface area contributed by atoms with Crippen molar-refractivity contribution in [2.24, 2.45) is 0 Å². The van der Waals surface area contributed by atoms with Crippen molar-refractivity contribution in [2.75, 3.05) is 5.73 Å². The van der Waals surface area contributed by atoms with Crippen molar-refractivity contribution < 1.29 is 0 Å². The van der Waals surface area contributed by atoms with E-state index >= 15 is 0 Å². The lowest BCUT2D eigenvalue weighted by Gasteiger charge is -2.12. The number of nitrogens with two attached hydrogens (primary N) is 1. The van der Waals surface area contributed by atoms with E-state index in [2.05, 4.69) is 34.0 Å². The molecule has 0 aliphatic rings. The monoisotopic (exact) mass is 243 g/mol. The zero-order valence-corrected chi connectivity index (χ0v) is 10.3. The molecule has 86 valence electrons. The van der Waals surface area contributed by atoms with Gasteiger partial charge in [0.05, 0.1) is 23.4 Å². The van der Waals surface area contributed by atoms with Gasteiger partial charge in [0.15, 0.2) is 0 Å². The lowest BCUT2D eigenvalue weighted by atomic mass is 10.2. The van der Waals surface area contributed by atoms with Gasteiger partial charge in [-0.15, -0.1) is 11.3 Å². The van der Waals surface area contributed by atoms with Crippen LogP contribution in [0.2, 0.25) is 0 Å². The zero-order chi connectivity index (χ0) is 11.8. The predicted molar refractivity (Wildman–Crippen MR) is 72.3 cm³/mol. The number of thiophene rings is 1. The Labute approximate surface area is 104 Å². The van der Waals surface area contributed by atoms with E-state index in [0.717, 1.165) is 16.7 Å². The highest BCUT2D eigenvalue weighted by Gasteiger charge is 2.11. The molecule has 1 atom stereocenters. The Bertz CT molecular complexity index is 640. The highest BCUT2D eigenvalue weighted by molar-refractivity contribution is 7.10. The van der Waals surface area contributed by atoms with E-state index < -0.39 is 0 Å². The Morgan fingerprint density at radius 2 is 2.24 bits per heavy atom. The molecule has 0 aliphatic carbocycles. The van der Waals surface area contributed by atoms with Crippen LogP contribution in [0.5, 0.6) is 0 Å². The van der Waals surface area contributed by atoms with Crippen molar-refractivity contribution in [2.45, 2.75) is 13.0 Å². The second-order valence-electron chi connectivity index (χ2n) is 4.09. The molecular formula is C13H13N3S. The molecule has 3 nitrogen and oxygen atoms in total. The van der Waals surface area contributed by atoms with Crippen LogP contribution in [0.15, 0.2) is 42.0 Å². The molecule has 0 radical (unpaired) electrons. The maximum Gasteiger partial charge on any atom is 0.0964 e. The molecule has 17 heavy (non-hydrogen) atoms. The Morgan fingerprint density at radius 3 is 3.00 bits per heavy atom. The van der Waals surface area contributed by atoms with Gasteiger partial charge in [-0.3, -0.25) is 0 Å². The third-order valence-electron chi connectivity index (χ3n) is 2.97. The molecule has 1 aromatic carbocycles. The van der Waals surface area contributed by atoms with Gasteiger partial charge in [-0.2, -0.15) is 0 Å². The fourth-order valence-electron chi connectivity index (χ4n) is 2.02. The van der Waals surface area contributed by atoms with Gasteiger partial charge in [-0.25, -0.2) is 4.98 Å². The number of hydrogen-bond acceptors (Lipinski definition) is 3. The topological polar surface area (TPSA) is 43.8 Å². The molecular weight excluding hydrogens is 230 g/mol. The van der Waals surface area contributed by atoms with Crippen LogP contribution in [0.4, 0.5) is 5.69 Å². The van der Waals surface area contributed by atoms with Crippen LogP contribution in [0.25, 0.3) is 11.0 Å². The van der Waals surface area contributed by atoms with Gasteiger partial charge in [-0.1, -0.05) is 6.07 Å². The molecule has 2 N–H and O–H groups in total. The fraction of sp³-hybridized carbons (Fsp3) is 0.154. The first-order valence-corrected chi connectivity index (χ1v) is 6.39. The van der Waals surface area contributed by atoms with Crippen LogP contribution in [0.3, 0.4) is 0 Å². The van der Waals surface area contributed by atoms with Gasteiger partial charge in [0.2, 0.25) is 0 Å². The Morgan fingerprint density at radius 1 is 1.35 bits per heavy atom. The minimum atomic E-state index is 0.309. The van der Waals surface area contributed by atoms with Crippen molar-refractivity contribution in [1.29, 1.82) is 0 Å². The van der Waals surface area contributed by atoms with Crippen molar-refractivity contribution in [1.82, 2.24) is 9.55 Å². The van der Waals surface area contributed by atoms with Crippen molar-refractivity contribution in [3.63, 3.8) is 0 Å². The predicted octanol–water partition coefficient (Wildman–Crippen LogP) is 3.29. The SMILES string of the molecule is CC(c1cccs1)n1cnc2cc(N)ccc21. The van der Waals surface area contributed by atoms with E-state index in [1.807, 2.05) is 24.5 Å². The Hall–Kier alpha value is -1.81. The largest absolute Gasteiger partial charge is 0.399 e. The van der Waals surface area contributed by atoms with E-state index in [-0.39, 0.29) is 0 Å². The first-order chi connectivity index (χ1) is 8.25. The van der Waals surface area contributed by atoms with Crippen molar-refractivity contribution >= 4 is 28.1 Å². The summed E-state index contributed by atoms with van der Waals surface area (Å²) in [4.78, 5) is 5.73. The molecule has 0 amide bonds. The summed E-state index contributed by atoms with van der Waals surface area (Å²) in [5.41, 5.74) is 8.59. The van der Waals surface area contributed by atoms with Gasteiger partial charge in [0.25, 0.3) is 0 Å². The number of rotatable bonds is 2. The summed E-state index contributed by atoms with van der Waals surface area (Å²) >= 11 is 1.77. The minimum absolute atomic E-state index is 0.309. The van der Waals surface area contributed by atoms with Gasteiger partial charge < -0.3 is 10.3 Å². The Kier molecular flexibility index (Phi) is 2.37. The van der Waals surface area contributed by atoms with Crippen LogP contribution in [-0.4, -0.2) is 9.55 Å². The molecule has 0 saturated heterocycles. The number of nitrogens with zero attached hydrogens (tertiary/aromatic N) is 2. The number of benzene rings is 1. The third-order valence-corrected chi connectivity index (χ3v) is 4.01. The summed E-state index contributed by atoms with van der Waals surface area (Å²) in [5, 5.41) is 2.10. The highest BCUT2D eigenvalue weighted by Crippen LogP contribution is 2.26. The lowest BCUT2D eigenvalue weighted by molar-refractivity contribution is 0.669. The third kappa shape index (κ3) is 1.70. The van der Waals surface area contributed by atoms with Crippen LogP contribution < -0.4 is 5.73 Å². The fourth-order valence-corrected chi connectivity index (χ4v) is 2.81. The highest BCUT2D eigenvalue weighted by atomic mass is 32.1. The van der Waals surface area contributed by atoms with Crippen molar-refractivity contribution in [3.8, 4) is 0 Å². The number of anilines is 1. The summed E-state index contributed by atoms with van der Waals surface area (Å²) in [6.07, 6.45) is 1.88. The van der Waals surface area contributed by atoms with Gasteiger partial charge in [0.1, 0.15) is 0 Å². The number of hydrogen-bond donors (Lipinski definition) is 1. The van der Waals surface area contributed by atoms with E-state index in [4.69, 9.17) is 5.73 Å². The van der Waals surface area contributed by atoms with Gasteiger partial charge in [-0.05, 0) is 36.6 Å². The second kappa shape index (κ2) is 3.89. The average molecular weight is 243 g/mol. The number of aromatic nitrogens is 2. The molecule has 3 rings (SSSR count). The summed E-state index contributed by atoms with van der Waals surface area (Å²) in [6.45, 7) is 2.18. The van der Waals surface area contributed by atoms with Crippen molar-refractivity contribution in [3.05, 3.63) is 46.9 Å². The second-order valence-corrected chi connectivity index (χ2v) is 5.07. The standard InChI is InChI=1S/C13H13N3S/c1-9(13-3-2-6-17-13)16-8-15-11-7-10(14)4-5-12(11)16/h2-9H,14H2,1H3. The molecule has 0 saturated carbocycles. The van der Waals surface area contributed by atoms with Gasteiger partial charge in [0, 0.05) is 10.6 Å². The van der Waals surface area contributed by atoms with Crippen LogP contribution in [0, 0.1) is 0 Å². The minimum Gasteiger partial charge on any atom is -0.399 e. The molecule has 2 heterocycles. The molecule has 3 aromatic rings. The molecule has 0 fully saturated rings. The lowest BCUT2D eigenvalue weighted by Crippen LogP contribution is -2.03. The smallest absolute Gasteiger partial charge is 0.0964 e. The van der Waals surface area contributed by atoms with E-state index in [9.17, 15) is 0 Å². The number of nitrogen functional groups attached to an aromatic ring is 1. The molecule has 4 heteroatoms. The molecule has 2 aromatic heterocycles. The zero-order valence-electron chi connectivity index (χ0n) is 9.50. The first-order valence-electron chi connectivity index (χ1n) is 5.51. The maximum atomic E-state index is 5.76. The van der Waals surface area contributed by atoms with Crippen LogP contribution in [0.1, 0.15) is 17.8 Å². The average Bonchev–Trinajstić information content (AvgIpc) is 2.96. The Balaban J connectivity index is 2.12. The van der Waals surface area contributed by atoms with Crippen LogP contribution >= 0.6 is 11.3 Å². The molecule has 0 spiro atoms. The van der Waals surface area contributed by atoms with Crippen LogP contribution in [-0.2, 0) is 0 Å². The molecule has 1 unspecified atom stereocenters. The quantitative estimate of drug-likeness (QED) is 0.702. The maximum absolute atomic E-state index is 5.76. The summed E-state index contributed by atoms with van der Waals surface area (Å²) < 4.78 is 2.18. The first kappa shape index (κ1) is 10.4. The molecule has 0 aliphatic heterocycles. The summed E-state index contributed by atoms with van der Waals surface area (Å²) in [5.74, 6) is 0. The number of fused-ring (bicyclic) bond motifs is 1.